The number of aryl methyl sites for hydroxylation is 2. The number of likely N-dealkylation sites (N-methyl/N-ethyl adjacent to an activating group) is 1. The first kappa shape index (κ1) is 21.9. The third kappa shape index (κ3) is 3.01. The Kier molecular flexibility index (Phi) is 4.84. The SMILES string of the molecule is CC[C@@]1(O)C(=O)OCc2c1cc1n(c2=O)Cc2c-1nc1ccc(NC(=O)CNC)c3c1c2CCC3. The minimum Gasteiger partial charge on any atom is -0.458 e. The van der Waals surface area contributed by atoms with Crippen molar-refractivity contribution >= 4 is 28.5 Å². The number of fused-ring (bicyclic) bond motifs is 5. The number of carbonyl (C=O) groups is 2. The molecule has 1 amide bonds. The third-order valence-corrected chi connectivity index (χ3v) is 7.54. The molecular formula is C26H26N4O5. The van der Waals surface area contributed by atoms with E-state index in [1.807, 2.05) is 12.1 Å². The Morgan fingerprint density at radius 3 is 2.77 bits per heavy atom. The van der Waals surface area contributed by atoms with E-state index in [4.69, 9.17) is 9.72 Å². The van der Waals surface area contributed by atoms with E-state index >= 15 is 0 Å². The number of benzene rings is 1. The number of aliphatic hydroxyl groups is 1. The van der Waals surface area contributed by atoms with Gasteiger partial charge in [0, 0.05) is 22.2 Å². The molecule has 0 fully saturated rings. The average Bonchev–Trinajstić information content (AvgIpc) is 3.23. The van der Waals surface area contributed by atoms with Gasteiger partial charge in [0.15, 0.2) is 5.60 Å². The van der Waals surface area contributed by atoms with Crippen LogP contribution in [0.3, 0.4) is 0 Å². The van der Waals surface area contributed by atoms with Crippen molar-refractivity contribution in [2.45, 2.75) is 51.4 Å². The van der Waals surface area contributed by atoms with Crippen LogP contribution in [0.4, 0.5) is 5.69 Å². The molecule has 2 aliphatic heterocycles. The second kappa shape index (κ2) is 7.73. The number of nitrogens with zero attached hydrogens (tertiary/aromatic N) is 2. The lowest BCUT2D eigenvalue weighted by atomic mass is 9.85. The van der Waals surface area contributed by atoms with Crippen molar-refractivity contribution in [2.75, 3.05) is 18.9 Å². The topological polar surface area (TPSA) is 123 Å². The zero-order valence-corrected chi connectivity index (χ0v) is 19.7. The summed E-state index contributed by atoms with van der Waals surface area (Å²) >= 11 is 0. The molecule has 0 saturated carbocycles. The van der Waals surface area contributed by atoms with Crippen LogP contribution in [0.5, 0.6) is 0 Å². The van der Waals surface area contributed by atoms with Crippen molar-refractivity contribution in [3.8, 4) is 11.4 Å². The summed E-state index contributed by atoms with van der Waals surface area (Å²) in [7, 11) is 1.73. The zero-order chi connectivity index (χ0) is 24.5. The van der Waals surface area contributed by atoms with Crippen LogP contribution >= 0.6 is 0 Å². The molecule has 0 radical (unpaired) electrons. The molecule has 4 heterocycles. The van der Waals surface area contributed by atoms with Gasteiger partial charge in [0.2, 0.25) is 5.91 Å². The molecule has 0 unspecified atom stereocenters. The van der Waals surface area contributed by atoms with Gasteiger partial charge in [-0.2, -0.15) is 0 Å². The van der Waals surface area contributed by atoms with Gasteiger partial charge in [-0.25, -0.2) is 9.78 Å². The maximum absolute atomic E-state index is 13.5. The zero-order valence-electron chi connectivity index (χ0n) is 19.7. The molecule has 35 heavy (non-hydrogen) atoms. The number of carbonyl (C=O) groups excluding carboxylic acids is 2. The Balaban J connectivity index is 1.56. The van der Waals surface area contributed by atoms with Gasteiger partial charge in [-0.15, -0.1) is 0 Å². The van der Waals surface area contributed by atoms with Gasteiger partial charge in [-0.1, -0.05) is 6.92 Å². The summed E-state index contributed by atoms with van der Waals surface area (Å²) in [5.74, 6) is -0.830. The number of pyridine rings is 2. The fraction of sp³-hybridized carbons (Fsp3) is 0.385. The Morgan fingerprint density at radius 1 is 1.20 bits per heavy atom. The van der Waals surface area contributed by atoms with Crippen molar-refractivity contribution in [3.63, 3.8) is 0 Å². The molecule has 0 saturated heterocycles. The fourth-order valence-electron chi connectivity index (χ4n) is 5.79. The normalized spacial score (nSPS) is 19.7. The minimum atomic E-state index is -1.84. The number of anilines is 1. The van der Waals surface area contributed by atoms with E-state index in [0.29, 0.717) is 29.1 Å². The van der Waals surface area contributed by atoms with Gasteiger partial charge < -0.3 is 25.0 Å². The molecule has 0 bridgehead atoms. The van der Waals surface area contributed by atoms with Gasteiger partial charge >= 0.3 is 5.97 Å². The van der Waals surface area contributed by atoms with E-state index in [9.17, 15) is 19.5 Å². The number of aromatic nitrogens is 2. The van der Waals surface area contributed by atoms with Gasteiger partial charge in [-0.05, 0) is 62.1 Å². The Labute approximate surface area is 201 Å². The van der Waals surface area contributed by atoms with Crippen LogP contribution in [0.2, 0.25) is 0 Å². The first-order valence-electron chi connectivity index (χ1n) is 12.0. The number of nitrogens with one attached hydrogen (secondary N) is 2. The molecule has 1 aliphatic carbocycles. The molecule has 3 aliphatic rings. The average molecular weight is 475 g/mol. The van der Waals surface area contributed by atoms with Crippen LogP contribution in [-0.4, -0.2) is 40.1 Å². The van der Waals surface area contributed by atoms with Crippen molar-refractivity contribution in [1.82, 2.24) is 14.9 Å². The van der Waals surface area contributed by atoms with Crippen molar-refractivity contribution in [2.24, 2.45) is 0 Å². The molecule has 9 heteroatoms. The first-order chi connectivity index (χ1) is 16.9. The van der Waals surface area contributed by atoms with E-state index in [1.54, 1.807) is 24.6 Å². The summed E-state index contributed by atoms with van der Waals surface area (Å²) in [4.78, 5) is 43.1. The first-order valence-corrected chi connectivity index (χ1v) is 12.0. The number of ether oxygens (including phenoxy) is 1. The maximum atomic E-state index is 13.5. The summed E-state index contributed by atoms with van der Waals surface area (Å²) in [6, 6.07) is 5.54. The Bertz CT molecular complexity index is 1510. The summed E-state index contributed by atoms with van der Waals surface area (Å²) in [6.45, 7) is 2.16. The van der Waals surface area contributed by atoms with Crippen LogP contribution in [0.1, 0.15) is 47.6 Å². The highest BCUT2D eigenvalue weighted by molar-refractivity contribution is 6.00. The van der Waals surface area contributed by atoms with Crippen LogP contribution in [0.25, 0.3) is 22.3 Å². The number of hydrogen-bond donors (Lipinski definition) is 3. The largest absolute Gasteiger partial charge is 0.458 e. The molecule has 3 aromatic rings. The quantitative estimate of drug-likeness (QED) is 0.385. The monoisotopic (exact) mass is 474 g/mol. The van der Waals surface area contributed by atoms with E-state index in [-0.39, 0.29) is 31.0 Å². The Morgan fingerprint density at radius 2 is 2.00 bits per heavy atom. The number of hydrogen-bond acceptors (Lipinski definition) is 7. The Hall–Kier alpha value is -3.56. The van der Waals surface area contributed by atoms with Crippen LogP contribution in [0, 0.1) is 0 Å². The van der Waals surface area contributed by atoms with Crippen LogP contribution in [0.15, 0.2) is 23.0 Å². The molecule has 9 nitrogen and oxygen atoms in total. The van der Waals surface area contributed by atoms with Crippen molar-refractivity contribution in [1.29, 1.82) is 0 Å². The lowest BCUT2D eigenvalue weighted by Crippen LogP contribution is -2.44. The highest BCUT2D eigenvalue weighted by atomic mass is 16.6. The lowest BCUT2D eigenvalue weighted by Gasteiger charge is -2.31. The molecule has 1 atom stereocenters. The number of cyclic esters (lactones) is 1. The highest BCUT2D eigenvalue weighted by Gasteiger charge is 2.45. The molecule has 2 aromatic heterocycles. The van der Waals surface area contributed by atoms with E-state index in [0.717, 1.165) is 52.5 Å². The molecule has 1 aromatic carbocycles. The summed E-state index contributed by atoms with van der Waals surface area (Å²) < 4.78 is 6.84. The molecule has 6 rings (SSSR count). The van der Waals surface area contributed by atoms with Crippen molar-refractivity contribution in [3.05, 3.63) is 56.4 Å². The van der Waals surface area contributed by atoms with E-state index in [1.165, 1.54) is 0 Å². The minimum absolute atomic E-state index is 0.103. The smallest absolute Gasteiger partial charge is 0.343 e. The highest BCUT2D eigenvalue weighted by Crippen LogP contribution is 2.43. The van der Waals surface area contributed by atoms with Crippen molar-refractivity contribution < 1.29 is 19.4 Å². The number of amides is 1. The third-order valence-electron chi connectivity index (χ3n) is 7.54. The van der Waals surface area contributed by atoms with Gasteiger partial charge in [0.05, 0.1) is 35.6 Å². The van der Waals surface area contributed by atoms with E-state index in [2.05, 4.69) is 10.6 Å². The predicted molar refractivity (Wildman–Crippen MR) is 129 cm³/mol. The summed E-state index contributed by atoms with van der Waals surface area (Å²) in [6.07, 6.45) is 2.73. The predicted octanol–water partition coefficient (Wildman–Crippen LogP) is 1.73. The van der Waals surface area contributed by atoms with Gasteiger partial charge in [-0.3, -0.25) is 9.59 Å². The molecule has 0 spiro atoms. The number of esters is 1. The summed E-state index contributed by atoms with van der Waals surface area (Å²) in [5.41, 5.74) is 4.68. The maximum Gasteiger partial charge on any atom is 0.343 e. The molecule has 180 valence electrons. The standard InChI is InChI=1S/C26H26N4O5/c1-3-26(34)17-9-20-23-15(11-30(20)24(32)16(17)12-35-25(26)33)13-5-4-6-14-18(28-21(31)10-27-2)7-8-19(29-23)22(13)14/h7-9,27,34H,3-6,10-12H2,1-2H3,(H,28,31)/t26-/m0/s1. The van der Waals surface area contributed by atoms with Gasteiger partial charge in [0.25, 0.3) is 5.56 Å². The number of rotatable bonds is 4. The summed E-state index contributed by atoms with van der Waals surface area (Å²) in [5, 5.41) is 18.0. The van der Waals surface area contributed by atoms with Crippen LogP contribution < -0.4 is 16.2 Å². The van der Waals surface area contributed by atoms with E-state index < -0.39 is 11.6 Å². The lowest BCUT2D eigenvalue weighted by molar-refractivity contribution is -0.172. The molecular weight excluding hydrogens is 448 g/mol. The second-order valence-electron chi connectivity index (χ2n) is 9.44. The fourth-order valence-corrected chi connectivity index (χ4v) is 5.79. The van der Waals surface area contributed by atoms with Crippen LogP contribution in [-0.2, 0) is 45.9 Å². The molecule has 3 N–H and O–H groups in total. The second-order valence-corrected chi connectivity index (χ2v) is 9.44. The van der Waals surface area contributed by atoms with Gasteiger partial charge in [0.1, 0.15) is 6.61 Å².